The minimum atomic E-state index is -0.391. The molecule has 0 aliphatic carbocycles. The summed E-state index contributed by atoms with van der Waals surface area (Å²) < 4.78 is 11.6. The summed E-state index contributed by atoms with van der Waals surface area (Å²) in [5, 5.41) is 0.997. The minimum Gasteiger partial charge on any atom is -0.493 e. The lowest BCUT2D eigenvalue weighted by atomic mass is 10.2. The molecule has 0 radical (unpaired) electrons. The van der Waals surface area contributed by atoms with E-state index >= 15 is 0 Å². The summed E-state index contributed by atoms with van der Waals surface area (Å²) in [6.07, 6.45) is 1.75. The van der Waals surface area contributed by atoms with Crippen molar-refractivity contribution in [2.75, 3.05) is 7.11 Å². The Labute approximate surface area is 178 Å². The molecular weight excluding hydrogens is 396 g/mol. The number of aromatic nitrogens is 1. The molecule has 30 heavy (non-hydrogen) atoms. The highest BCUT2D eigenvalue weighted by molar-refractivity contribution is 7.21. The minimum absolute atomic E-state index is 0.387. The Balaban J connectivity index is 1.52. The Morgan fingerprint density at radius 3 is 2.57 bits per heavy atom. The second-order valence-corrected chi connectivity index (χ2v) is 7.83. The van der Waals surface area contributed by atoms with Crippen LogP contribution in [0.2, 0.25) is 0 Å². The number of ether oxygens (including phenoxy) is 2. The molecule has 0 aliphatic heterocycles. The zero-order valence-corrected chi connectivity index (χ0v) is 17.7. The summed E-state index contributed by atoms with van der Waals surface area (Å²) in [7, 11) is 1.53. The van der Waals surface area contributed by atoms with Crippen molar-refractivity contribution in [2.45, 2.75) is 13.8 Å². The molecule has 5 nitrogen and oxygen atoms in total. The summed E-state index contributed by atoms with van der Waals surface area (Å²) in [5.74, 6) is 0.478. The number of carbonyl (C=O) groups excluding carboxylic acids is 1. The van der Waals surface area contributed by atoms with Crippen LogP contribution >= 0.6 is 11.3 Å². The van der Waals surface area contributed by atoms with Crippen molar-refractivity contribution in [3.05, 3.63) is 71.8 Å². The summed E-state index contributed by atoms with van der Waals surface area (Å²) in [5.41, 5.74) is 5.00. The van der Waals surface area contributed by atoms with Crippen molar-refractivity contribution < 1.29 is 14.3 Å². The SMILES string of the molecule is COc1cc(C=Nc2ccc(-c3nc4ccc(C)cc4s3)cc2)ccc1OC(C)=O. The predicted octanol–water partition coefficient (Wildman–Crippen LogP) is 5.96. The Kier molecular flexibility index (Phi) is 5.59. The maximum atomic E-state index is 11.2. The Morgan fingerprint density at radius 1 is 1.03 bits per heavy atom. The van der Waals surface area contributed by atoms with Crippen molar-refractivity contribution in [1.29, 1.82) is 0 Å². The van der Waals surface area contributed by atoms with Gasteiger partial charge < -0.3 is 9.47 Å². The first-order valence-electron chi connectivity index (χ1n) is 9.40. The molecule has 150 valence electrons. The number of rotatable bonds is 5. The fourth-order valence-electron chi connectivity index (χ4n) is 3.00. The predicted molar refractivity (Wildman–Crippen MR) is 121 cm³/mol. The van der Waals surface area contributed by atoms with E-state index in [0.29, 0.717) is 11.5 Å². The summed E-state index contributed by atoms with van der Waals surface area (Å²) in [6, 6.07) is 19.6. The van der Waals surface area contributed by atoms with Gasteiger partial charge in [-0.15, -0.1) is 11.3 Å². The highest BCUT2D eigenvalue weighted by atomic mass is 32.1. The van der Waals surface area contributed by atoms with Crippen molar-refractivity contribution >= 4 is 39.4 Å². The number of hydrogen-bond donors (Lipinski definition) is 0. The Morgan fingerprint density at radius 2 is 1.83 bits per heavy atom. The van der Waals surface area contributed by atoms with Crippen LogP contribution in [0.5, 0.6) is 11.5 Å². The molecule has 0 saturated heterocycles. The average Bonchev–Trinajstić information content (AvgIpc) is 3.16. The number of fused-ring (bicyclic) bond motifs is 1. The van der Waals surface area contributed by atoms with E-state index in [1.165, 1.54) is 24.3 Å². The van der Waals surface area contributed by atoms with Crippen LogP contribution < -0.4 is 9.47 Å². The second kappa shape index (κ2) is 8.47. The molecule has 0 fully saturated rings. The van der Waals surface area contributed by atoms with Crippen LogP contribution in [-0.2, 0) is 4.79 Å². The molecule has 0 spiro atoms. The van der Waals surface area contributed by atoms with Gasteiger partial charge in [-0.25, -0.2) is 4.98 Å². The van der Waals surface area contributed by atoms with Gasteiger partial charge in [-0.3, -0.25) is 9.79 Å². The van der Waals surface area contributed by atoms with Crippen molar-refractivity contribution in [3.63, 3.8) is 0 Å². The van der Waals surface area contributed by atoms with E-state index in [1.807, 2.05) is 30.3 Å². The highest BCUT2D eigenvalue weighted by Gasteiger charge is 2.08. The first kappa shape index (κ1) is 19.8. The van der Waals surface area contributed by atoms with E-state index in [1.54, 1.807) is 29.7 Å². The molecular formula is C24H20N2O3S. The number of carbonyl (C=O) groups is 1. The smallest absolute Gasteiger partial charge is 0.308 e. The van der Waals surface area contributed by atoms with Gasteiger partial charge in [-0.2, -0.15) is 0 Å². The molecule has 4 aromatic rings. The third-order valence-electron chi connectivity index (χ3n) is 4.46. The van der Waals surface area contributed by atoms with Gasteiger partial charge >= 0.3 is 5.97 Å². The fraction of sp³-hybridized carbons (Fsp3) is 0.125. The second-order valence-electron chi connectivity index (χ2n) is 6.80. The number of esters is 1. The van der Waals surface area contributed by atoms with E-state index in [4.69, 9.17) is 14.5 Å². The van der Waals surface area contributed by atoms with E-state index in [9.17, 15) is 4.79 Å². The number of thiazole rings is 1. The van der Waals surface area contributed by atoms with Gasteiger partial charge in [0.15, 0.2) is 11.5 Å². The van der Waals surface area contributed by atoms with Gasteiger partial charge in [-0.1, -0.05) is 6.07 Å². The highest BCUT2D eigenvalue weighted by Crippen LogP contribution is 2.32. The zero-order valence-electron chi connectivity index (χ0n) is 16.9. The third kappa shape index (κ3) is 4.39. The van der Waals surface area contributed by atoms with E-state index < -0.39 is 5.97 Å². The molecule has 4 rings (SSSR count). The zero-order chi connectivity index (χ0) is 21.1. The summed E-state index contributed by atoms with van der Waals surface area (Å²) in [6.45, 7) is 3.44. The molecule has 0 bridgehead atoms. The van der Waals surface area contributed by atoms with Gasteiger partial charge in [0.1, 0.15) is 5.01 Å². The molecule has 0 aliphatic rings. The molecule has 1 heterocycles. The van der Waals surface area contributed by atoms with Crippen molar-refractivity contribution in [2.24, 2.45) is 4.99 Å². The molecule has 3 aromatic carbocycles. The van der Waals surface area contributed by atoms with Crippen LogP contribution in [0.1, 0.15) is 18.1 Å². The number of benzene rings is 3. The fourth-order valence-corrected chi connectivity index (χ4v) is 4.07. The lowest BCUT2D eigenvalue weighted by Gasteiger charge is -2.08. The van der Waals surface area contributed by atoms with E-state index in [0.717, 1.165) is 27.3 Å². The van der Waals surface area contributed by atoms with E-state index in [2.05, 4.69) is 30.1 Å². The number of nitrogens with zero attached hydrogens (tertiary/aromatic N) is 2. The molecule has 0 saturated carbocycles. The number of hydrogen-bond acceptors (Lipinski definition) is 6. The summed E-state index contributed by atoms with van der Waals surface area (Å²) in [4.78, 5) is 20.4. The maximum Gasteiger partial charge on any atom is 0.308 e. The molecule has 0 N–H and O–H groups in total. The van der Waals surface area contributed by atoms with Crippen LogP contribution in [-0.4, -0.2) is 24.3 Å². The summed E-state index contributed by atoms with van der Waals surface area (Å²) >= 11 is 1.69. The van der Waals surface area contributed by atoms with Crippen LogP contribution in [0.15, 0.2) is 65.7 Å². The van der Waals surface area contributed by atoms with Crippen LogP contribution in [0.25, 0.3) is 20.8 Å². The Bertz CT molecular complexity index is 1240. The van der Waals surface area contributed by atoms with Crippen molar-refractivity contribution in [1.82, 2.24) is 4.98 Å². The average molecular weight is 417 g/mol. The van der Waals surface area contributed by atoms with Gasteiger partial charge in [0, 0.05) is 18.7 Å². The lowest BCUT2D eigenvalue weighted by Crippen LogP contribution is -2.03. The van der Waals surface area contributed by atoms with Gasteiger partial charge in [-0.05, 0) is 72.6 Å². The molecule has 0 atom stereocenters. The third-order valence-corrected chi connectivity index (χ3v) is 5.53. The molecule has 0 amide bonds. The van der Waals surface area contributed by atoms with Crippen molar-refractivity contribution in [3.8, 4) is 22.1 Å². The number of methoxy groups -OCH3 is 1. The number of aryl methyl sites for hydroxylation is 1. The lowest BCUT2D eigenvalue weighted by molar-refractivity contribution is -0.132. The molecule has 0 unspecified atom stereocenters. The first-order valence-corrected chi connectivity index (χ1v) is 10.2. The quantitative estimate of drug-likeness (QED) is 0.229. The molecule has 6 heteroatoms. The maximum absolute atomic E-state index is 11.2. The van der Waals surface area contributed by atoms with Gasteiger partial charge in [0.2, 0.25) is 0 Å². The van der Waals surface area contributed by atoms with Crippen LogP contribution in [0.4, 0.5) is 5.69 Å². The molecule has 1 aromatic heterocycles. The first-order chi connectivity index (χ1) is 14.5. The monoisotopic (exact) mass is 416 g/mol. The van der Waals surface area contributed by atoms with Crippen LogP contribution in [0, 0.1) is 6.92 Å². The van der Waals surface area contributed by atoms with Gasteiger partial charge in [0.25, 0.3) is 0 Å². The standard InChI is InChI=1S/C24H20N2O3S/c1-15-4-10-20-23(12-15)30-24(26-20)18-6-8-19(9-7-18)25-14-17-5-11-21(29-16(2)27)22(13-17)28-3/h4-14H,1-3H3. The van der Waals surface area contributed by atoms with Crippen LogP contribution in [0.3, 0.4) is 0 Å². The largest absolute Gasteiger partial charge is 0.493 e. The van der Waals surface area contributed by atoms with Gasteiger partial charge in [0.05, 0.1) is 23.0 Å². The Hall–Kier alpha value is -3.51. The number of aliphatic imine (C=N–C) groups is 1. The normalized spacial score (nSPS) is 11.2. The topological polar surface area (TPSA) is 60.8 Å². The van der Waals surface area contributed by atoms with E-state index in [-0.39, 0.29) is 0 Å².